The summed E-state index contributed by atoms with van der Waals surface area (Å²) in [6.45, 7) is 2.74. The number of benzene rings is 2. The SMILES string of the molecule is CCCCN1C(=O)C(=Cc2ccc(OC(=O)C=Cc3ccccc3)cc2)SC1=S. The van der Waals surface area contributed by atoms with E-state index >= 15 is 0 Å². The molecule has 6 heteroatoms. The third kappa shape index (κ3) is 5.89. The van der Waals surface area contributed by atoms with E-state index in [9.17, 15) is 9.59 Å². The predicted octanol–water partition coefficient (Wildman–Crippen LogP) is 5.31. The maximum absolute atomic E-state index is 12.5. The van der Waals surface area contributed by atoms with Gasteiger partial charge in [0.25, 0.3) is 5.91 Å². The van der Waals surface area contributed by atoms with E-state index in [-0.39, 0.29) is 5.91 Å². The molecule has 0 N–H and O–H groups in total. The van der Waals surface area contributed by atoms with Crippen molar-refractivity contribution in [3.63, 3.8) is 0 Å². The van der Waals surface area contributed by atoms with E-state index in [0.717, 1.165) is 24.0 Å². The molecule has 3 rings (SSSR count). The van der Waals surface area contributed by atoms with E-state index in [2.05, 4.69) is 6.92 Å². The fourth-order valence-electron chi connectivity index (χ4n) is 2.67. The smallest absolute Gasteiger partial charge is 0.336 e. The molecule has 1 fully saturated rings. The second kappa shape index (κ2) is 10.2. The molecule has 0 spiro atoms. The Kier molecular flexibility index (Phi) is 7.38. The highest BCUT2D eigenvalue weighted by molar-refractivity contribution is 8.26. The van der Waals surface area contributed by atoms with Crippen LogP contribution in [0, 0.1) is 0 Å². The van der Waals surface area contributed by atoms with Gasteiger partial charge in [0.05, 0.1) is 4.91 Å². The monoisotopic (exact) mass is 423 g/mol. The topological polar surface area (TPSA) is 46.6 Å². The van der Waals surface area contributed by atoms with Gasteiger partial charge in [0.1, 0.15) is 10.1 Å². The first kappa shape index (κ1) is 21.0. The van der Waals surface area contributed by atoms with Crippen molar-refractivity contribution in [2.24, 2.45) is 0 Å². The molecule has 0 unspecified atom stereocenters. The van der Waals surface area contributed by atoms with Crippen molar-refractivity contribution in [2.45, 2.75) is 19.8 Å². The molecule has 0 radical (unpaired) electrons. The first-order valence-electron chi connectivity index (χ1n) is 9.37. The van der Waals surface area contributed by atoms with Gasteiger partial charge in [-0.3, -0.25) is 9.69 Å². The van der Waals surface area contributed by atoms with Gasteiger partial charge in [-0.25, -0.2) is 4.79 Å². The molecule has 148 valence electrons. The lowest BCUT2D eigenvalue weighted by molar-refractivity contribution is -0.129. The average Bonchev–Trinajstić information content (AvgIpc) is 2.99. The van der Waals surface area contributed by atoms with Crippen LogP contribution in [0.25, 0.3) is 12.2 Å². The Morgan fingerprint density at radius 3 is 2.52 bits per heavy atom. The van der Waals surface area contributed by atoms with Crippen LogP contribution in [0.1, 0.15) is 30.9 Å². The van der Waals surface area contributed by atoms with Crippen LogP contribution in [0.4, 0.5) is 0 Å². The summed E-state index contributed by atoms with van der Waals surface area (Å²) in [4.78, 5) is 26.7. The van der Waals surface area contributed by atoms with Gasteiger partial charge in [-0.2, -0.15) is 0 Å². The number of carbonyl (C=O) groups is 2. The highest BCUT2D eigenvalue weighted by atomic mass is 32.2. The number of nitrogens with zero attached hydrogens (tertiary/aromatic N) is 1. The Hall–Kier alpha value is -2.70. The first-order chi connectivity index (χ1) is 14.1. The van der Waals surface area contributed by atoms with Crippen LogP contribution in [0.5, 0.6) is 5.75 Å². The Morgan fingerprint density at radius 1 is 1.10 bits per heavy atom. The lowest BCUT2D eigenvalue weighted by Crippen LogP contribution is -2.28. The second-order valence-corrected chi connectivity index (χ2v) is 8.10. The van der Waals surface area contributed by atoms with Crippen LogP contribution in [0.2, 0.25) is 0 Å². The average molecular weight is 424 g/mol. The van der Waals surface area contributed by atoms with E-state index in [1.807, 2.05) is 48.5 Å². The van der Waals surface area contributed by atoms with Crippen molar-refractivity contribution in [3.8, 4) is 5.75 Å². The van der Waals surface area contributed by atoms with Gasteiger partial charge in [-0.05, 0) is 41.8 Å². The number of thiocarbonyl (C=S) groups is 1. The van der Waals surface area contributed by atoms with Crippen molar-refractivity contribution in [1.29, 1.82) is 0 Å². The third-order valence-corrected chi connectivity index (χ3v) is 5.59. The van der Waals surface area contributed by atoms with Gasteiger partial charge in [-0.1, -0.05) is 79.8 Å². The van der Waals surface area contributed by atoms with Gasteiger partial charge in [-0.15, -0.1) is 0 Å². The number of rotatable bonds is 7. The fraction of sp³-hybridized carbons (Fsp3) is 0.174. The molecule has 0 bridgehead atoms. The minimum Gasteiger partial charge on any atom is -0.423 e. The summed E-state index contributed by atoms with van der Waals surface area (Å²) >= 11 is 6.64. The lowest BCUT2D eigenvalue weighted by atomic mass is 10.2. The van der Waals surface area contributed by atoms with E-state index in [1.54, 1.807) is 23.1 Å². The number of amides is 1. The van der Waals surface area contributed by atoms with Crippen LogP contribution in [-0.4, -0.2) is 27.6 Å². The highest BCUT2D eigenvalue weighted by Crippen LogP contribution is 2.32. The van der Waals surface area contributed by atoms with Gasteiger partial charge in [0.15, 0.2) is 0 Å². The number of esters is 1. The molecule has 1 aliphatic heterocycles. The molecule has 1 amide bonds. The number of hydrogen-bond donors (Lipinski definition) is 0. The van der Waals surface area contributed by atoms with Crippen molar-refractivity contribution in [2.75, 3.05) is 6.54 Å². The molecule has 1 aliphatic rings. The van der Waals surface area contributed by atoms with E-state index in [0.29, 0.717) is 21.5 Å². The summed E-state index contributed by atoms with van der Waals surface area (Å²) in [5, 5.41) is 0. The summed E-state index contributed by atoms with van der Waals surface area (Å²) in [5.41, 5.74) is 1.77. The minimum atomic E-state index is -0.446. The van der Waals surface area contributed by atoms with Crippen molar-refractivity contribution in [3.05, 3.63) is 76.7 Å². The van der Waals surface area contributed by atoms with E-state index in [4.69, 9.17) is 17.0 Å². The molecule has 1 saturated heterocycles. The molecule has 29 heavy (non-hydrogen) atoms. The number of unbranched alkanes of at least 4 members (excludes halogenated alkanes) is 1. The van der Waals surface area contributed by atoms with Gasteiger partial charge in [0, 0.05) is 12.6 Å². The predicted molar refractivity (Wildman–Crippen MR) is 122 cm³/mol. The molecular weight excluding hydrogens is 402 g/mol. The number of hydrogen-bond acceptors (Lipinski definition) is 5. The zero-order valence-electron chi connectivity index (χ0n) is 16.0. The van der Waals surface area contributed by atoms with Crippen molar-refractivity contribution in [1.82, 2.24) is 4.90 Å². The van der Waals surface area contributed by atoms with Crippen molar-refractivity contribution >= 4 is 52.3 Å². The molecule has 2 aromatic rings. The normalized spacial score (nSPS) is 15.5. The minimum absolute atomic E-state index is 0.0463. The summed E-state index contributed by atoms with van der Waals surface area (Å²) in [7, 11) is 0. The van der Waals surface area contributed by atoms with Gasteiger partial charge in [0.2, 0.25) is 0 Å². The van der Waals surface area contributed by atoms with Crippen LogP contribution < -0.4 is 4.74 Å². The molecule has 0 atom stereocenters. The third-order valence-electron chi connectivity index (χ3n) is 4.22. The fourth-order valence-corrected chi connectivity index (χ4v) is 3.98. The zero-order valence-corrected chi connectivity index (χ0v) is 17.7. The molecule has 1 heterocycles. The molecule has 0 aromatic heterocycles. The van der Waals surface area contributed by atoms with Gasteiger partial charge >= 0.3 is 5.97 Å². The Balaban J connectivity index is 1.61. The number of thioether (sulfide) groups is 1. The highest BCUT2D eigenvalue weighted by Gasteiger charge is 2.31. The molecule has 2 aromatic carbocycles. The second-order valence-electron chi connectivity index (χ2n) is 6.42. The molecule has 0 aliphatic carbocycles. The number of carbonyl (C=O) groups excluding carboxylic acids is 2. The number of ether oxygens (including phenoxy) is 1. The summed E-state index contributed by atoms with van der Waals surface area (Å²) in [5.74, 6) is -0.0474. The molecule has 4 nitrogen and oxygen atoms in total. The standard InChI is InChI=1S/C23H21NO3S2/c1-2-3-15-24-22(26)20(29-23(24)28)16-18-9-12-19(13-10-18)27-21(25)14-11-17-7-5-4-6-8-17/h4-14,16H,2-3,15H2,1H3. The lowest BCUT2D eigenvalue weighted by Gasteiger charge is -2.12. The van der Waals surface area contributed by atoms with Crippen LogP contribution in [0.3, 0.4) is 0 Å². The molecular formula is C23H21NO3S2. The quantitative estimate of drug-likeness (QED) is 0.261. The largest absolute Gasteiger partial charge is 0.423 e. The maximum Gasteiger partial charge on any atom is 0.336 e. The summed E-state index contributed by atoms with van der Waals surface area (Å²) < 4.78 is 5.92. The van der Waals surface area contributed by atoms with E-state index < -0.39 is 5.97 Å². The van der Waals surface area contributed by atoms with Crippen LogP contribution in [0.15, 0.2) is 65.6 Å². The first-order valence-corrected chi connectivity index (χ1v) is 10.6. The Labute approximate surface area is 180 Å². The van der Waals surface area contributed by atoms with E-state index in [1.165, 1.54) is 17.8 Å². The van der Waals surface area contributed by atoms with Gasteiger partial charge < -0.3 is 4.74 Å². The van der Waals surface area contributed by atoms with Crippen molar-refractivity contribution < 1.29 is 14.3 Å². The summed E-state index contributed by atoms with van der Waals surface area (Å²) in [6, 6.07) is 16.6. The van der Waals surface area contributed by atoms with Crippen LogP contribution >= 0.6 is 24.0 Å². The molecule has 0 saturated carbocycles. The van der Waals surface area contributed by atoms with Crippen LogP contribution in [-0.2, 0) is 9.59 Å². The zero-order chi connectivity index (χ0) is 20.6. The Bertz CT molecular complexity index is 950. The summed E-state index contributed by atoms with van der Waals surface area (Å²) in [6.07, 6.45) is 6.85. The maximum atomic E-state index is 12.5. The Morgan fingerprint density at radius 2 is 1.83 bits per heavy atom.